The second-order valence-corrected chi connectivity index (χ2v) is 4.66. The lowest BCUT2D eigenvalue weighted by molar-refractivity contribution is 0.00634. The molecule has 0 saturated carbocycles. The Morgan fingerprint density at radius 1 is 1.56 bits per heavy atom. The van der Waals surface area contributed by atoms with Crippen molar-refractivity contribution >= 4 is 0 Å². The maximum absolute atomic E-state index is 5.48. The number of methoxy groups -OCH3 is 1. The van der Waals surface area contributed by atoms with E-state index in [2.05, 4.69) is 37.3 Å². The Morgan fingerprint density at radius 2 is 2.25 bits per heavy atom. The van der Waals surface area contributed by atoms with Crippen LogP contribution in [0.25, 0.3) is 0 Å². The minimum atomic E-state index is -0.128. The Kier molecular flexibility index (Phi) is 4.50. The van der Waals surface area contributed by atoms with Gasteiger partial charge in [0.05, 0.1) is 17.3 Å². The summed E-state index contributed by atoms with van der Waals surface area (Å²) in [5, 5.41) is 7.69. The third-order valence-corrected chi connectivity index (χ3v) is 2.91. The van der Waals surface area contributed by atoms with Gasteiger partial charge in [-0.15, -0.1) is 0 Å². The van der Waals surface area contributed by atoms with Crippen molar-refractivity contribution < 1.29 is 4.74 Å². The number of hydrogen-bond donors (Lipinski definition) is 1. The first kappa shape index (κ1) is 13.2. The van der Waals surface area contributed by atoms with Crippen LogP contribution in [0.15, 0.2) is 12.3 Å². The Bertz CT molecular complexity index is 320. The van der Waals surface area contributed by atoms with E-state index < -0.39 is 0 Å². The molecule has 16 heavy (non-hydrogen) atoms. The molecule has 0 aliphatic carbocycles. The van der Waals surface area contributed by atoms with E-state index in [9.17, 15) is 0 Å². The summed E-state index contributed by atoms with van der Waals surface area (Å²) in [6, 6.07) is 2.34. The Balaban J connectivity index is 2.80. The number of hydrogen-bond acceptors (Lipinski definition) is 3. The molecule has 1 unspecified atom stereocenters. The topological polar surface area (TPSA) is 39.1 Å². The van der Waals surface area contributed by atoms with Crippen molar-refractivity contribution in [3.63, 3.8) is 0 Å². The second-order valence-electron chi connectivity index (χ2n) is 4.66. The lowest BCUT2D eigenvalue weighted by Crippen LogP contribution is -2.33. The highest BCUT2D eigenvalue weighted by Gasteiger charge is 2.24. The highest BCUT2D eigenvalue weighted by molar-refractivity contribution is 5.07. The first-order valence-electron chi connectivity index (χ1n) is 5.76. The number of nitrogens with one attached hydrogen (secondary N) is 1. The average Bonchev–Trinajstić information content (AvgIpc) is 2.64. The molecule has 4 nitrogen and oxygen atoms in total. The summed E-state index contributed by atoms with van der Waals surface area (Å²) < 4.78 is 7.40. The normalized spacial score (nSPS) is 14.1. The van der Waals surface area contributed by atoms with Gasteiger partial charge in [-0.1, -0.05) is 6.92 Å². The van der Waals surface area contributed by atoms with Crippen molar-refractivity contribution in [3.05, 3.63) is 18.0 Å². The maximum Gasteiger partial charge on any atom is 0.0641 e. The molecule has 1 rings (SSSR count). The zero-order valence-corrected chi connectivity index (χ0v) is 10.9. The van der Waals surface area contributed by atoms with Gasteiger partial charge >= 0.3 is 0 Å². The van der Waals surface area contributed by atoms with Crippen LogP contribution >= 0.6 is 0 Å². The van der Waals surface area contributed by atoms with Crippen molar-refractivity contribution in [3.8, 4) is 0 Å². The fourth-order valence-electron chi connectivity index (χ4n) is 1.83. The van der Waals surface area contributed by atoms with Gasteiger partial charge in [-0.3, -0.25) is 4.68 Å². The van der Waals surface area contributed by atoms with Gasteiger partial charge in [0.15, 0.2) is 0 Å². The first-order chi connectivity index (χ1) is 7.50. The monoisotopic (exact) mass is 225 g/mol. The number of nitrogens with zero attached hydrogens (tertiary/aromatic N) is 2. The molecule has 0 fully saturated rings. The minimum Gasteiger partial charge on any atom is -0.379 e. The van der Waals surface area contributed by atoms with Gasteiger partial charge in [0.1, 0.15) is 0 Å². The zero-order chi connectivity index (χ0) is 12.2. The van der Waals surface area contributed by atoms with Crippen LogP contribution in [0.3, 0.4) is 0 Å². The standard InChI is InChI=1S/C12H23N3O/c1-6-13-10(9-12(2,3)16-5)11-7-8-14-15(11)4/h7-8,10,13H,6,9H2,1-5H3. The van der Waals surface area contributed by atoms with Crippen molar-refractivity contribution in [2.45, 2.75) is 38.8 Å². The SMILES string of the molecule is CCNC(CC(C)(C)OC)c1ccnn1C. The molecule has 0 radical (unpaired) electrons. The molecule has 0 amide bonds. The largest absolute Gasteiger partial charge is 0.379 e. The highest BCUT2D eigenvalue weighted by atomic mass is 16.5. The van der Waals surface area contributed by atoms with Gasteiger partial charge in [-0.2, -0.15) is 5.10 Å². The summed E-state index contributed by atoms with van der Waals surface area (Å²) >= 11 is 0. The Morgan fingerprint density at radius 3 is 2.69 bits per heavy atom. The molecule has 0 aliphatic heterocycles. The van der Waals surface area contributed by atoms with Crippen molar-refractivity contribution in [2.75, 3.05) is 13.7 Å². The molecule has 1 atom stereocenters. The maximum atomic E-state index is 5.48. The number of rotatable bonds is 6. The third kappa shape index (κ3) is 3.32. The van der Waals surface area contributed by atoms with Crippen LogP contribution in [-0.2, 0) is 11.8 Å². The quantitative estimate of drug-likeness (QED) is 0.803. The zero-order valence-electron chi connectivity index (χ0n) is 10.9. The van der Waals surface area contributed by atoms with Crippen molar-refractivity contribution in [1.82, 2.24) is 15.1 Å². The molecule has 0 saturated heterocycles. The Hall–Kier alpha value is -0.870. The summed E-state index contributed by atoms with van der Waals surface area (Å²) in [7, 11) is 3.73. The predicted molar refractivity (Wildman–Crippen MR) is 65.3 cm³/mol. The van der Waals surface area contributed by atoms with E-state index in [4.69, 9.17) is 4.74 Å². The molecule has 0 bridgehead atoms. The lowest BCUT2D eigenvalue weighted by atomic mass is 9.96. The van der Waals surface area contributed by atoms with E-state index in [1.807, 2.05) is 17.9 Å². The lowest BCUT2D eigenvalue weighted by Gasteiger charge is -2.29. The fraction of sp³-hybridized carbons (Fsp3) is 0.750. The number of aryl methyl sites for hydroxylation is 1. The molecule has 0 aromatic carbocycles. The third-order valence-electron chi connectivity index (χ3n) is 2.91. The van der Waals surface area contributed by atoms with E-state index in [0.29, 0.717) is 0 Å². The summed E-state index contributed by atoms with van der Waals surface area (Å²) in [4.78, 5) is 0. The summed E-state index contributed by atoms with van der Waals surface area (Å²) in [5.41, 5.74) is 1.07. The van der Waals surface area contributed by atoms with Crippen molar-refractivity contribution in [1.29, 1.82) is 0 Å². The molecule has 0 aliphatic rings. The molecule has 1 N–H and O–H groups in total. The van der Waals surface area contributed by atoms with E-state index in [1.54, 1.807) is 7.11 Å². The van der Waals surface area contributed by atoms with Gasteiger partial charge in [0, 0.05) is 20.4 Å². The van der Waals surface area contributed by atoms with E-state index in [-0.39, 0.29) is 11.6 Å². The predicted octanol–water partition coefficient (Wildman–Crippen LogP) is 1.89. The summed E-state index contributed by atoms with van der Waals surface area (Å²) in [5.74, 6) is 0. The van der Waals surface area contributed by atoms with Gasteiger partial charge in [-0.05, 0) is 32.9 Å². The second kappa shape index (κ2) is 5.46. The minimum absolute atomic E-state index is 0.128. The fourth-order valence-corrected chi connectivity index (χ4v) is 1.83. The first-order valence-corrected chi connectivity index (χ1v) is 5.76. The van der Waals surface area contributed by atoms with Gasteiger partial charge in [-0.25, -0.2) is 0 Å². The van der Waals surface area contributed by atoms with Crippen LogP contribution in [0.4, 0.5) is 0 Å². The van der Waals surface area contributed by atoms with E-state index >= 15 is 0 Å². The molecule has 1 aromatic rings. The molecular weight excluding hydrogens is 202 g/mol. The molecule has 4 heteroatoms. The van der Waals surface area contributed by atoms with Gasteiger partial charge < -0.3 is 10.1 Å². The van der Waals surface area contributed by atoms with Crippen molar-refractivity contribution in [2.24, 2.45) is 7.05 Å². The highest BCUT2D eigenvalue weighted by Crippen LogP contribution is 2.25. The van der Waals surface area contributed by atoms with Gasteiger partial charge in [0.2, 0.25) is 0 Å². The van der Waals surface area contributed by atoms with Crippen LogP contribution in [0.2, 0.25) is 0 Å². The molecular formula is C12H23N3O. The summed E-state index contributed by atoms with van der Waals surface area (Å²) in [6.45, 7) is 7.26. The number of aromatic nitrogens is 2. The van der Waals surface area contributed by atoms with Gasteiger partial charge in [0.25, 0.3) is 0 Å². The van der Waals surface area contributed by atoms with Crippen LogP contribution in [0.1, 0.15) is 38.9 Å². The van der Waals surface area contributed by atoms with E-state index in [1.165, 1.54) is 5.69 Å². The molecule has 0 spiro atoms. The van der Waals surface area contributed by atoms with E-state index in [0.717, 1.165) is 13.0 Å². The summed E-state index contributed by atoms with van der Waals surface area (Å²) in [6.07, 6.45) is 2.76. The molecule has 1 aromatic heterocycles. The van der Waals surface area contributed by atoms with Crippen LogP contribution in [0, 0.1) is 0 Å². The van der Waals surface area contributed by atoms with Crippen LogP contribution in [-0.4, -0.2) is 29.0 Å². The smallest absolute Gasteiger partial charge is 0.0641 e. The van der Waals surface area contributed by atoms with Crippen LogP contribution in [0.5, 0.6) is 0 Å². The average molecular weight is 225 g/mol. The Labute approximate surface area is 98.0 Å². The molecule has 92 valence electrons. The van der Waals surface area contributed by atoms with Crippen LogP contribution < -0.4 is 5.32 Å². The number of ether oxygens (including phenoxy) is 1. The molecule has 1 heterocycles.